The Labute approximate surface area is 325 Å². The Balaban J connectivity index is 0.824. The number of esters is 3. The smallest absolute Gasteiger partial charge is 0.303 e. The predicted octanol–water partition coefficient (Wildman–Crippen LogP) is 3.78. The van der Waals surface area contributed by atoms with E-state index in [1.165, 1.54) is 58.7 Å². The van der Waals surface area contributed by atoms with Crippen molar-refractivity contribution in [1.82, 2.24) is 21.3 Å². The zero-order valence-corrected chi connectivity index (χ0v) is 32.2. The van der Waals surface area contributed by atoms with Crippen LogP contribution >= 0.6 is 0 Å². The van der Waals surface area contributed by atoms with Gasteiger partial charge >= 0.3 is 17.9 Å². The van der Waals surface area contributed by atoms with E-state index in [4.69, 9.17) is 33.2 Å². The molecule has 6 rings (SSSR count). The second-order valence-corrected chi connectivity index (χ2v) is 13.8. The molecule has 4 aromatic rings. The zero-order valence-electron chi connectivity index (χ0n) is 32.2. The highest BCUT2D eigenvalue weighted by atomic mass is 16.7. The van der Waals surface area contributed by atoms with Crippen LogP contribution in [0.2, 0.25) is 0 Å². The van der Waals surface area contributed by atoms with Crippen LogP contribution in [0.3, 0.4) is 0 Å². The quantitative estimate of drug-likeness (QED) is 0.0544. The van der Waals surface area contributed by atoms with E-state index in [0.29, 0.717) is 39.3 Å². The SMILES string of the molecule is CC(=O)O[C@H]1[C@H](OC(C)=O)[C@H](OCCOCCOCCN2NC=C(CNC(=O)CCCc3ccc4ccc5cccc6ccc3c4c56)N2)O[C@@H](C)[C@H]1OC(C)=O. The fraction of sp³-hybridized carbons (Fsp3) is 0.463. The molecule has 2 aliphatic heterocycles. The molecule has 56 heavy (non-hydrogen) atoms. The third-order valence-electron chi connectivity index (χ3n) is 9.59. The molecule has 300 valence electrons. The summed E-state index contributed by atoms with van der Waals surface area (Å²) in [5.74, 6) is -1.89. The van der Waals surface area contributed by atoms with E-state index >= 15 is 0 Å². The van der Waals surface area contributed by atoms with Crippen LogP contribution in [-0.4, -0.2) is 106 Å². The number of hydrogen-bond donors (Lipinski definition) is 3. The van der Waals surface area contributed by atoms with Gasteiger partial charge in [-0.05, 0) is 57.6 Å². The van der Waals surface area contributed by atoms with E-state index in [9.17, 15) is 19.2 Å². The van der Waals surface area contributed by atoms with Crippen molar-refractivity contribution >= 4 is 56.1 Å². The molecule has 1 amide bonds. The maximum absolute atomic E-state index is 12.7. The molecule has 0 unspecified atom stereocenters. The lowest BCUT2D eigenvalue weighted by atomic mass is 9.90. The lowest BCUT2D eigenvalue weighted by molar-refractivity contribution is -0.302. The number of nitrogens with zero attached hydrogens (tertiary/aromatic N) is 1. The van der Waals surface area contributed by atoms with Crippen LogP contribution in [0, 0.1) is 0 Å². The van der Waals surface area contributed by atoms with Crippen molar-refractivity contribution in [3.63, 3.8) is 0 Å². The summed E-state index contributed by atoms with van der Waals surface area (Å²) in [5.41, 5.74) is 8.42. The van der Waals surface area contributed by atoms with Crippen molar-refractivity contribution in [2.75, 3.05) is 46.1 Å². The Morgan fingerprint density at radius 3 is 2.11 bits per heavy atom. The molecule has 0 saturated carbocycles. The Kier molecular flexibility index (Phi) is 13.9. The molecule has 0 aliphatic carbocycles. The minimum absolute atomic E-state index is 0.00160. The first kappa shape index (κ1) is 40.6. The first-order valence-electron chi connectivity index (χ1n) is 18.9. The van der Waals surface area contributed by atoms with Crippen molar-refractivity contribution in [2.24, 2.45) is 0 Å². The number of hydrazine groups is 2. The molecule has 1 fully saturated rings. The van der Waals surface area contributed by atoms with Crippen LogP contribution in [0.5, 0.6) is 0 Å². The molecular formula is C41H50N4O11. The van der Waals surface area contributed by atoms with Crippen molar-refractivity contribution in [2.45, 2.75) is 77.7 Å². The lowest BCUT2D eigenvalue weighted by Gasteiger charge is -2.43. The van der Waals surface area contributed by atoms with Gasteiger partial charge in [0.15, 0.2) is 24.6 Å². The molecule has 15 nitrogen and oxygen atoms in total. The van der Waals surface area contributed by atoms with Crippen LogP contribution in [0.1, 0.15) is 46.1 Å². The summed E-state index contributed by atoms with van der Waals surface area (Å²) in [6.45, 7) is 7.48. The van der Waals surface area contributed by atoms with Gasteiger partial charge in [-0.15, -0.1) is 5.12 Å². The Morgan fingerprint density at radius 1 is 0.750 bits per heavy atom. The summed E-state index contributed by atoms with van der Waals surface area (Å²) in [6.07, 6.45) is -1.27. The lowest BCUT2D eigenvalue weighted by Crippen LogP contribution is -2.61. The second-order valence-electron chi connectivity index (χ2n) is 13.8. The molecular weight excluding hydrogens is 724 g/mol. The minimum atomic E-state index is -1.17. The normalized spacial score (nSPS) is 21.1. The molecule has 0 spiro atoms. The number of amides is 1. The third-order valence-corrected chi connectivity index (χ3v) is 9.59. The first-order valence-corrected chi connectivity index (χ1v) is 18.9. The molecule has 0 aromatic heterocycles. The van der Waals surface area contributed by atoms with Gasteiger partial charge in [0.05, 0.1) is 57.9 Å². The van der Waals surface area contributed by atoms with Crippen molar-refractivity contribution in [3.8, 4) is 0 Å². The molecule has 0 bridgehead atoms. The predicted molar refractivity (Wildman–Crippen MR) is 206 cm³/mol. The average molecular weight is 775 g/mol. The highest BCUT2D eigenvalue weighted by molar-refractivity contribution is 6.23. The summed E-state index contributed by atoms with van der Waals surface area (Å²) < 4.78 is 39.0. The molecule has 2 aliphatic rings. The number of benzene rings is 4. The molecule has 5 atom stereocenters. The average Bonchev–Trinajstić information content (AvgIpc) is 3.62. The minimum Gasteiger partial charge on any atom is -0.456 e. The molecule has 15 heteroatoms. The van der Waals surface area contributed by atoms with E-state index < -0.39 is 48.6 Å². The number of hydrogen-bond acceptors (Lipinski definition) is 14. The maximum atomic E-state index is 12.7. The number of nitrogens with one attached hydrogen (secondary N) is 3. The van der Waals surface area contributed by atoms with Crippen molar-refractivity contribution < 1.29 is 52.3 Å². The first-order chi connectivity index (χ1) is 27.1. The molecule has 0 radical (unpaired) electrons. The van der Waals surface area contributed by atoms with Crippen LogP contribution in [0.4, 0.5) is 0 Å². The van der Waals surface area contributed by atoms with E-state index in [0.717, 1.165) is 18.5 Å². The summed E-state index contributed by atoms with van der Waals surface area (Å²) in [7, 11) is 0. The highest BCUT2D eigenvalue weighted by Gasteiger charge is 2.50. The number of carbonyl (C=O) groups excluding carboxylic acids is 4. The summed E-state index contributed by atoms with van der Waals surface area (Å²) >= 11 is 0. The van der Waals surface area contributed by atoms with Crippen LogP contribution in [0.25, 0.3) is 32.3 Å². The van der Waals surface area contributed by atoms with Gasteiger partial charge in [0.1, 0.15) is 0 Å². The largest absolute Gasteiger partial charge is 0.456 e. The molecule has 4 aromatic carbocycles. The van der Waals surface area contributed by atoms with Gasteiger partial charge in [-0.25, -0.2) is 0 Å². The highest BCUT2D eigenvalue weighted by Crippen LogP contribution is 2.36. The van der Waals surface area contributed by atoms with Gasteiger partial charge in [-0.1, -0.05) is 54.6 Å². The number of aryl methyl sites for hydroxylation is 1. The summed E-state index contributed by atoms with van der Waals surface area (Å²) in [6, 6.07) is 19.6. The summed E-state index contributed by atoms with van der Waals surface area (Å²) in [4.78, 5) is 48.0. The van der Waals surface area contributed by atoms with Crippen LogP contribution in [-0.2, 0) is 58.8 Å². The standard InChI is InChI=1S/C41H50N4O11/c1-25-38(54-26(2)46)39(55-27(3)47)40(56-28(4)48)41(53-25)52-22-21-51-20-19-50-18-17-45-43-24-33(44-45)23-42-35(49)10-6-7-29-11-12-32-14-13-30-8-5-9-31-15-16-34(29)37(32)36(30)31/h5,8-9,11-16,24-25,38-41,43-44H,6-7,10,17-23H2,1-4H3,(H,42,49)/t25-,38+,39+,40-,41+/m0/s1. The summed E-state index contributed by atoms with van der Waals surface area (Å²) in [5, 5.41) is 12.4. The molecule has 2 heterocycles. The fourth-order valence-electron chi connectivity index (χ4n) is 7.15. The number of rotatable bonds is 19. The molecule has 3 N–H and O–H groups in total. The Hall–Kier alpha value is -5.06. The van der Waals surface area contributed by atoms with Crippen molar-refractivity contribution in [1.29, 1.82) is 0 Å². The van der Waals surface area contributed by atoms with Gasteiger partial charge in [-0.2, -0.15) is 0 Å². The maximum Gasteiger partial charge on any atom is 0.303 e. The Bertz CT molecular complexity index is 2010. The van der Waals surface area contributed by atoms with E-state index in [-0.39, 0.29) is 19.1 Å². The fourth-order valence-corrected chi connectivity index (χ4v) is 7.15. The van der Waals surface area contributed by atoms with Gasteiger partial charge < -0.3 is 49.3 Å². The Morgan fingerprint density at radius 2 is 1.38 bits per heavy atom. The van der Waals surface area contributed by atoms with E-state index in [2.05, 4.69) is 70.8 Å². The number of ether oxygens (including phenoxy) is 7. The van der Waals surface area contributed by atoms with Crippen LogP contribution in [0.15, 0.2) is 66.5 Å². The van der Waals surface area contributed by atoms with Crippen LogP contribution < -0.4 is 16.2 Å². The van der Waals surface area contributed by atoms with Gasteiger partial charge in [0.2, 0.25) is 5.91 Å². The topological polar surface area (TPSA) is 172 Å². The zero-order chi connectivity index (χ0) is 39.6. The number of carbonyl (C=O) groups is 4. The second kappa shape index (κ2) is 19.2. The van der Waals surface area contributed by atoms with E-state index in [1.54, 1.807) is 12.0 Å². The third kappa shape index (κ3) is 10.4. The monoisotopic (exact) mass is 774 g/mol. The van der Waals surface area contributed by atoms with Crippen molar-refractivity contribution in [3.05, 3.63) is 72.1 Å². The van der Waals surface area contributed by atoms with Gasteiger partial charge in [0, 0.05) is 33.4 Å². The molecule has 1 saturated heterocycles. The van der Waals surface area contributed by atoms with E-state index in [1.807, 2.05) is 6.20 Å². The van der Waals surface area contributed by atoms with Gasteiger partial charge in [0.25, 0.3) is 0 Å². The van der Waals surface area contributed by atoms with Gasteiger partial charge in [-0.3, -0.25) is 19.2 Å².